The molecule has 1 saturated heterocycles. The maximum absolute atomic E-state index is 13.0. The minimum absolute atomic E-state index is 0.0171. The van der Waals surface area contributed by atoms with Gasteiger partial charge in [0.05, 0.1) is 11.3 Å². The molecule has 1 fully saturated rings. The van der Waals surface area contributed by atoms with Crippen molar-refractivity contribution in [3.05, 3.63) is 70.5 Å². The van der Waals surface area contributed by atoms with Gasteiger partial charge in [0.25, 0.3) is 5.56 Å². The molecule has 6 heteroatoms. The molecule has 162 valence electrons. The van der Waals surface area contributed by atoms with E-state index in [0.29, 0.717) is 18.8 Å². The van der Waals surface area contributed by atoms with E-state index in [1.165, 1.54) is 23.0 Å². The Hall–Kier alpha value is -2.73. The summed E-state index contributed by atoms with van der Waals surface area (Å²) in [6.07, 6.45) is 0. The monoisotopic (exact) mass is 435 g/mol. The Morgan fingerprint density at radius 3 is 2.55 bits per heavy atom. The number of anilines is 1. The van der Waals surface area contributed by atoms with E-state index in [2.05, 4.69) is 43.0 Å². The fourth-order valence-corrected chi connectivity index (χ4v) is 5.26. The van der Waals surface area contributed by atoms with Crippen LogP contribution in [0.1, 0.15) is 19.4 Å². The molecule has 1 aliphatic rings. The topological polar surface area (TPSA) is 45.6 Å². The lowest BCUT2D eigenvalue weighted by atomic mass is 10.1. The average molecular weight is 436 g/mol. The Kier molecular flexibility index (Phi) is 6.37. The molecular weight excluding hydrogens is 406 g/mol. The Morgan fingerprint density at radius 2 is 1.84 bits per heavy atom. The summed E-state index contributed by atoms with van der Waals surface area (Å²) in [4.78, 5) is 30.7. The summed E-state index contributed by atoms with van der Waals surface area (Å²) in [5, 5.41) is 1.03. The molecule has 0 spiro atoms. The van der Waals surface area contributed by atoms with Crippen LogP contribution in [0.5, 0.6) is 0 Å². The molecule has 2 aromatic carbocycles. The number of benzene rings is 2. The summed E-state index contributed by atoms with van der Waals surface area (Å²) in [6, 6.07) is 18.4. The predicted octanol–water partition coefficient (Wildman–Crippen LogP) is 4.16. The lowest BCUT2D eigenvalue weighted by molar-refractivity contribution is -0.129. The molecule has 3 aromatic rings. The number of hydrogen-bond donors (Lipinski definition) is 0. The summed E-state index contributed by atoms with van der Waals surface area (Å²) >= 11 is 1.47. The molecule has 0 aliphatic carbocycles. The van der Waals surface area contributed by atoms with Crippen LogP contribution in [0, 0.1) is 6.92 Å². The number of rotatable bonds is 5. The number of pyridine rings is 1. The number of para-hydroxylation sites is 1. The SMILES string of the molecule is CCn1c(=O)cc(SCC(=O)N2CCN(c3ccc(C)cc3)C(C)C2)c2ccccc21. The van der Waals surface area contributed by atoms with Crippen molar-refractivity contribution in [2.45, 2.75) is 38.3 Å². The molecule has 5 nitrogen and oxygen atoms in total. The van der Waals surface area contributed by atoms with Gasteiger partial charge in [0.1, 0.15) is 0 Å². The largest absolute Gasteiger partial charge is 0.365 e. The molecule has 0 saturated carbocycles. The Labute approximate surface area is 187 Å². The van der Waals surface area contributed by atoms with Crippen LogP contribution in [-0.4, -0.2) is 46.8 Å². The number of fused-ring (bicyclic) bond motifs is 1. The van der Waals surface area contributed by atoms with Crippen LogP contribution in [0.4, 0.5) is 5.69 Å². The first-order valence-corrected chi connectivity index (χ1v) is 11.8. The van der Waals surface area contributed by atoms with Gasteiger partial charge in [-0.1, -0.05) is 35.9 Å². The van der Waals surface area contributed by atoms with E-state index in [1.807, 2.05) is 36.1 Å². The zero-order chi connectivity index (χ0) is 22.0. The molecule has 4 rings (SSSR count). The van der Waals surface area contributed by atoms with Crippen molar-refractivity contribution in [1.29, 1.82) is 0 Å². The molecule has 1 unspecified atom stereocenters. The zero-order valence-electron chi connectivity index (χ0n) is 18.4. The van der Waals surface area contributed by atoms with Gasteiger partial charge in [0.2, 0.25) is 5.91 Å². The second-order valence-electron chi connectivity index (χ2n) is 8.11. The minimum Gasteiger partial charge on any atom is -0.365 e. The van der Waals surface area contributed by atoms with Crippen molar-refractivity contribution in [2.75, 3.05) is 30.3 Å². The Balaban J connectivity index is 1.43. The van der Waals surface area contributed by atoms with Crippen LogP contribution >= 0.6 is 11.8 Å². The Bertz CT molecular complexity index is 1140. The summed E-state index contributed by atoms with van der Waals surface area (Å²) in [5.74, 6) is 0.473. The zero-order valence-corrected chi connectivity index (χ0v) is 19.2. The smallest absolute Gasteiger partial charge is 0.252 e. The lowest BCUT2D eigenvalue weighted by Crippen LogP contribution is -2.54. The number of carbonyl (C=O) groups is 1. The maximum Gasteiger partial charge on any atom is 0.252 e. The molecule has 2 heterocycles. The molecular formula is C25H29N3O2S. The normalized spacial score (nSPS) is 16.7. The third-order valence-electron chi connectivity index (χ3n) is 5.99. The number of aromatic nitrogens is 1. The van der Waals surface area contributed by atoms with Crippen molar-refractivity contribution < 1.29 is 4.79 Å². The van der Waals surface area contributed by atoms with E-state index in [9.17, 15) is 9.59 Å². The van der Waals surface area contributed by atoms with Gasteiger partial charge in [-0.3, -0.25) is 9.59 Å². The molecule has 31 heavy (non-hydrogen) atoms. The third-order valence-corrected chi connectivity index (χ3v) is 7.03. The first-order chi connectivity index (χ1) is 15.0. The quantitative estimate of drug-likeness (QED) is 0.565. The van der Waals surface area contributed by atoms with Crippen molar-refractivity contribution in [2.24, 2.45) is 0 Å². The standard InChI is InChI=1S/C25H29N3O2S/c1-4-27-22-8-6-5-7-21(22)23(15-24(27)29)31-17-25(30)26-13-14-28(19(3)16-26)20-11-9-18(2)10-12-20/h5-12,15,19H,4,13-14,16-17H2,1-3H3. The van der Waals surface area contributed by atoms with Gasteiger partial charge >= 0.3 is 0 Å². The molecule has 1 atom stereocenters. The lowest BCUT2D eigenvalue weighted by Gasteiger charge is -2.41. The Morgan fingerprint density at radius 1 is 1.10 bits per heavy atom. The van der Waals surface area contributed by atoms with Gasteiger partial charge in [-0.05, 0) is 39.0 Å². The number of amides is 1. The van der Waals surface area contributed by atoms with E-state index in [0.717, 1.165) is 28.9 Å². The van der Waals surface area contributed by atoms with E-state index < -0.39 is 0 Å². The highest BCUT2D eigenvalue weighted by Gasteiger charge is 2.27. The highest BCUT2D eigenvalue weighted by molar-refractivity contribution is 8.00. The second-order valence-corrected chi connectivity index (χ2v) is 9.13. The number of thioether (sulfide) groups is 1. The molecule has 1 aromatic heterocycles. The first-order valence-electron chi connectivity index (χ1n) is 10.8. The van der Waals surface area contributed by atoms with Crippen LogP contribution in [-0.2, 0) is 11.3 Å². The maximum atomic E-state index is 13.0. The van der Waals surface area contributed by atoms with E-state index >= 15 is 0 Å². The molecule has 0 bridgehead atoms. The van der Waals surface area contributed by atoms with E-state index in [4.69, 9.17) is 0 Å². The number of piperazine rings is 1. The van der Waals surface area contributed by atoms with E-state index in [-0.39, 0.29) is 17.5 Å². The fourth-order valence-electron chi connectivity index (χ4n) is 4.28. The molecule has 1 amide bonds. The van der Waals surface area contributed by atoms with Gasteiger partial charge in [-0.15, -0.1) is 11.8 Å². The van der Waals surface area contributed by atoms with Crippen LogP contribution in [0.3, 0.4) is 0 Å². The summed E-state index contributed by atoms with van der Waals surface area (Å²) in [5.41, 5.74) is 3.37. The highest BCUT2D eigenvalue weighted by Crippen LogP contribution is 2.27. The van der Waals surface area contributed by atoms with Crippen molar-refractivity contribution in [3.8, 4) is 0 Å². The molecule has 0 radical (unpaired) electrons. The van der Waals surface area contributed by atoms with Crippen molar-refractivity contribution in [1.82, 2.24) is 9.47 Å². The minimum atomic E-state index is -0.0171. The number of aryl methyl sites for hydroxylation is 2. The van der Waals surface area contributed by atoms with E-state index in [1.54, 1.807) is 10.6 Å². The average Bonchev–Trinajstić information content (AvgIpc) is 2.78. The van der Waals surface area contributed by atoms with Crippen molar-refractivity contribution in [3.63, 3.8) is 0 Å². The van der Waals surface area contributed by atoms with Gasteiger partial charge in [0.15, 0.2) is 0 Å². The fraction of sp³-hybridized carbons (Fsp3) is 0.360. The van der Waals surface area contributed by atoms with Crippen molar-refractivity contribution >= 4 is 34.3 Å². The van der Waals surface area contributed by atoms with Gasteiger partial charge in [-0.25, -0.2) is 0 Å². The van der Waals surface area contributed by atoms with Gasteiger partial charge in [0, 0.05) is 54.3 Å². The predicted molar refractivity (Wildman–Crippen MR) is 129 cm³/mol. The molecule has 1 aliphatic heterocycles. The van der Waals surface area contributed by atoms with Crippen LogP contribution in [0.2, 0.25) is 0 Å². The van der Waals surface area contributed by atoms with Gasteiger partial charge in [-0.2, -0.15) is 0 Å². The second kappa shape index (κ2) is 9.18. The van der Waals surface area contributed by atoms with Crippen LogP contribution in [0.25, 0.3) is 10.9 Å². The number of nitrogens with zero attached hydrogens (tertiary/aromatic N) is 3. The highest BCUT2D eigenvalue weighted by atomic mass is 32.2. The summed E-state index contributed by atoms with van der Waals surface area (Å²) in [6.45, 7) is 9.13. The number of carbonyl (C=O) groups excluding carboxylic acids is 1. The summed E-state index contributed by atoms with van der Waals surface area (Å²) in [7, 11) is 0. The summed E-state index contributed by atoms with van der Waals surface area (Å²) < 4.78 is 1.77. The third kappa shape index (κ3) is 4.49. The first kappa shape index (κ1) is 21.5. The van der Waals surface area contributed by atoms with Gasteiger partial charge < -0.3 is 14.4 Å². The van der Waals surface area contributed by atoms with Crippen LogP contribution < -0.4 is 10.5 Å². The molecule has 0 N–H and O–H groups in total. The van der Waals surface area contributed by atoms with Crippen LogP contribution in [0.15, 0.2) is 64.3 Å². The number of hydrogen-bond acceptors (Lipinski definition) is 4.